The molecule has 184 valence electrons. The average molecular weight is 514 g/mol. The summed E-state index contributed by atoms with van der Waals surface area (Å²) in [6.07, 6.45) is 7.32. The van der Waals surface area contributed by atoms with Gasteiger partial charge in [-0.05, 0) is 44.1 Å². The normalized spacial score (nSPS) is 23.0. The molecular formula is C22H27N9O2S2. The zero-order valence-corrected chi connectivity index (χ0v) is 21.1. The second kappa shape index (κ2) is 8.57. The van der Waals surface area contributed by atoms with Crippen molar-refractivity contribution in [3.05, 3.63) is 35.6 Å². The number of fused-ring (bicyclic) bond motifs is 3. The highest BCUT2D eigenvalue weighted by atomic mass is 32.2. The number of hydrogen-bond acceptors (Lipinski definition) is 9. The van der Waals surface area contributed by atoms with E-state index in [1.54, 1.807) is 33.5 Å². The first-order valence-electron chi connectivity index (χ1n) is 11.7. The summed E-state index contributed by atoms with van der Waals surface area (Å²) in [5, 5.41) is 17.0. The molecule has 2 aliphatic heterocycles. The molecule has 6 rings (SSSR count). The SMILES string of the molecule is Cc1cc(Nc2nc(NC3CC4CCCC(C3)N4S(=O)(=O)c3nccn3C)nc3sccc23)n[nH]1. The highest BCUT2D eigenvalue weighted by Crippen LogP contribution is 2.39. The molecule has 13 heteroatoms. The third kappa shape index (κ3) is 4.06. The summed E-state index contributed by atoms with van der Waals surface area (Å²) in [6.45, 7) is 1.95. The van der Waals surface area contributed by atoms with Gasteiger partial charge in [0.2, 0.25) is 11.1 Å². The first-order chi connectivity index (χ1) is 16.9. The average Bonchev–Trinajstić information content (AvgIpc) is 3.54. The molecule has 2 unspecified atom stereocenters. The highest BCUT2D eigenvalue weighted by molar-refractivity contribution is 7.89. The highest BCUT2D eigenvalue weighted by Gasteiger charge is 2.46. The van der Waals surface area contributed by atoms with Crippen LogP contribution in [0.4, 0.5) is 17.6 Å². The third-order valence-corrected chi connectivity index (χ3v) is 9.62. The zero-order chi connectivity index (χ0) is 24.2. The molecule has 0 amide bonds. The van der Waals surface area contributed by atoms with E-state index in [4.69, 9.17) is 9.97 Å². The molecule has 2 aliphatic rings. The number of nitrogens with zero attached hydrogens (tertiary/aromatic N) is 6. The Morgan fingerprint density at radius 1 is 1.20 bits per heavy atom. The van der Waals surface area contributed by atoms with E-state index in [-0.39, 0.29) is 23.3 Å². The Kier molecular flexibility index (Phi) is 5.49. The Balaban J connectivity index is 1.25. The molecule has 0 saturated carbocycles. The quantitative estimate of drug-likeness (QED) is 0.357. The van der Waals surface area contributed by atoms with Crippen LogP contribution in [0.3, 0.4) is 0 Å². The number of aryl methyl sites for hydroxylation is 2. The minimum Gasteiger partial charge on any atom is -0.351 e. The molecule has 6 heterocycles. The van der Waals surface area contributed by atoms with Crippen LogP contribution in [0.2, 0.25) is 0 Å². The Labute approximate surface area is 207 Å². The van der Waals surface area contributed by atoms with Crippen molar-refractivity contribution in [2.24, 2.45) is 7.05 Å². The first-order valence-corrected chi connectivity index (χ1v) is 14.0. The summed E-state index contributed by atoms with van der Waals surface area (Å²) in [7, 11) is -1.94. The Morgan fingerprint density at radius 2 is 2.00 bits per heavy atom. The molecule has 2 bridgehead atoms. The van der Waals surface area contributed by atoms with Gasteiger partial charge >= 0.3 is 0 Å². The monoisotopic (exact) mass is 513 g/mol. The van der Waals surface area contributed by atoms with Crippen LogP contribution in [0.5, 0.6) is 0 Å². The lowest BCUT2D eigenvalue weighted by molar-refractivity contribution is 0.115. The van der Waals surface area contributed by atoms with Gasteiger partial charge in [-0.2, -0.15) is 14.4 Å². The van der Waals surface area contributed by atoms with Crippen molar-refractivity contribution in [3.63, 3.8) is 0 Å². The van der Waals surface area contributed by atoms with Crippen LogP contribution in [0.1, 0.15) is 37.8 Å². The molecule has 4 aromatic rings. The number of piperidine rings is 2. The van der Waals surface area contributed by atoms with Gasteiger partial charge in [0, 0.05) is 49.3 Å². The molecule has 35 heavy (non-hydrogen) atoms. The molecule has 0 spiro atoms. The second-order valence-electron chi connectivity index (χ2n) is 9.30. The fourth-order valence-corrected chi connectivity index (χ4v) is 8.08. The van der Waals surface area contributed by atoms with Crippen LogP contribution in [0.25, 0.3) is 10.2 Å². The number of aromatic amines is 1. The number of thiophene rings is 1. The van der Waals surface area contributed by atoms with Crippen LogP contribution >= 0.6 is 11.3 Å². The molecule has 4 aromatic heterocycles. The van der Waals surface area contributed by atoms with Crippen LogP contribution in [-0.2, 0) is 17.1 Å². The Hall–Kier alpha value is -3.03. The first kappa shape index (κ1) is 22.4. The minimum absolute atomic E-state index is 0.0724. The number of sulfonamides is 1. The predicted octanol–water partition coefficient (Wildman–Crippen LogP) is 3.39. The number of aromatic nitrogens is 6. The van der Waals surface area contributed by atoms with Crippen molar-refractivity contribution in [2.75, 3.05) is 10.6 Å². The molecule has 11 nitrogen and oxygen atoms in total. The molecule has 2 saturated heterocycles. The lowest BCUT2D eigenvalue weighted by Gasteiger charge is -2.47. The lowest BCUT2D eigenvalue weighted by Crippen LogP contribution is -2.57. The van der Waals surface area contributed by atoms with E-state index in [2.05, 4.69) is 25.8 Å². The van der Waals surface area contributed by atoms with E-state index in [9.17, 15) is 8.42 Å². The van der Waals surface area contributed by atoms with E-state index in [1.165, 1.54) is 6.20 Å². The van der Waals surface area contributed by atoms with Crippen molar-refractivity contribution in [1.29, 1.82) is 0 Å². The maximum absolute atomic E-state index is 13.5. The summed E-state index contributed by atoms with van der Waals surface area (Å²) < 4.78 is 30.2. The Bertz CT molecular complexity index is 1460. The van der Waals surface area contributed by atoms with Crippen LogP contribution in [-0.4, -0.2) is 60.6 Å². The van der Waals surface area contributed by atoms with E-state index < -0.39 is 10.0 Å². The van der Waals surface area contributed by atoms with Crippen molar-refractivity contribution >= 4 is 49.2 Å². The van der Waals surface area contributed by atoms with Gasteiger partial charge in [0.15, 0.2) is 5.82 Å². The molecule has 0 radical (unpaired) electrons. The molecule has 2 atom stereocenters. The summed E-state index contributed by atoms with van der Waals surface area (Å²) in [6, 6.07) is 3.85. The minimum atomic E-state index is -3.66. The maximum Gasteiger partial charge on any atom is 0.277 e. The van der Waals surface area contributed by atoms with E-state index in [1.807, 2.05) is 24.4 Å². The summed E-state index contributed by atoms with van der Waals surface area (Å²) in [5.41, 5.74) is 0.959. The standard InChI is InChI=1S/C22H27N9O2S2/c1-13-10-18(29-28-13)25-19-17-6-9-34-20(17)27-21(26-19)24-14-11-15-4-3-5-16(12-14)31(15)35(32,33)22-23-7-8-30(22)2/h6-10,14-16H,3-5,11-12H2,1-2H3,(H3,24,25,26,27,28,29). The smallest absolute Gasteiger partial charge is 0.277 e. The van der Waals surface area contributed by atoms with Crippen molar-refractivity contribution in [3.8, 4) is 0 Å². The number of rotatable bonds is 6. The maximum atomic E-state index is 13.5. The molecule has 3 N–H and O–H groups in total. The van der Waals surface area contributed by atoms with Gasteiger partial charge in [0.25, 0.3) is 10.0 Å². The van der Waals surface area contributed by atoms with Crippen LogP contribution < -0.4 is 10.6 Å². The van der Waals surface area contributed by atoms with Gasteiger partial charge in [-0.3, -0.25) is 5.10 Å². The van der Waals surface area contributed by atoms with Crippen LogP contribution in [0.15, 0.2) is 35.1 Å². The van der Waals surface area contributed by atoms with Gasteiger partial charge in [-0.15, -0.1) is 11.3 Å². The second-order valence-corrected chi connectivity index (χ2v) is 11.9. The number of imidazole rings is 1. The summed E-state index contributed by atoms with van der Waals surface area (Å²) in [4.78, 5) is 14.5. The van der Waals surface area contributed by atoms with Gasteiger partial charge in [0.05, 0.1) is 5.39 Å². The predicted molar refractivity (Wildman–Crippen MR) is 134 cm³/mol. The molecular weight excluding hydrogens is 486 g/mol. The van der Waals surface area contributed by atoms with E-state index in [0.29, 0.717) is 30.4 Å². The fraction of sp³-hybridized carbons (Fsp3) is 0.455. The number of H-pyrrole nitrogens is 1. The van der Waals surface area contributed by atoms with E-state index >= 15 is 0 Å². The van der Waals surface area contributed by atoms with Crippen molar-refractivity contribution in [2.45, 2.75) is 62.3 Å². The molecule has 2 fully saturated rings. The van der Waals surface area contributed by atoms with Gasteiger partial charge in [-0.1, -0.05) is 6.42 Å². The lowest BCUT2D eigenvalue weighted by atomic mass is 9.84. The number of hydrogen-bond donors (Lipinski definition) is 3. The van der Waals surface area contributed by atoms with Gasteiger partial charge in [0.1, 0.15) is 10.6 Å². The van der Waals surface area contributed by atoms with Crippen molar-refractivity contribution < 1.29 is 8.42 Å². The van der Waals surface area contributed by atoms with Crippen LogP contribution in [0, 0.1) is 6.92 Å². The topological polar surface area (TPSA) is 134 Å². The zero-order valence-electron chi connectivity index (χ0n) is 19.5. The molecule has 0 aromatic carbocycles. The third-order valence-electron chi connectivity index (χ3n) is 6.80. The number of nitrogens with one attached hydrogen (secondary N) is 3. The number of anilines is 3. The van der Waals surface area contributed by atoms with E-state index in [0.717, 1.165) is 35.2 Å². The van der Waals surface area contributed by atoms with Gasteiger partial charge in [-0.25, -0.2) is 18.4 Å². The summed E-state index contributed by atoms with van der Waals surface area (Å²) >= 11 is 1.56. The Morgan fingerprint density at radius 3 is 2.69 bits per heavy atom. The van der Waals surface area contributed by atoms with Crippen molar-refractivity contribution in [1.82, 2.24) is 34.0 Å². The van der Waals surface area contributed by atoms with Gasteiger partial charge < -0.3 is 15.2 Å². The largest absolute Gasteiger partial charge is 0.351 e. The molecule has 0 aliphatic carbocycles. The fourth-order valence-electron chi connectivity index (χ4n) is 5.34. The summed E-state index contributed by atoms with van der Waals surface area (Å²) in [5.74, 6) is 1.93.